The van der Waals surface area contributed by atoms with Crippen molar-refractivity contribution in [3.8, 4) is 0 Å². The van der Waals surface area contributed by atoms with Gasteiger partial charge < -0.3 is 15.0 Å². The van der Waals surface area contributed by atoms with E-state index in [0.29, 0.717) is 23.9 Å². The Morgan fingerprint density at radius 2 is 2.08 bits per heavy atom. The quantitative estimate of drug-likeness (QED) is 0.841. The molecule has 1 saturated heterocycles. The first kappa shape index (κ1) is 16.8. The summed E-state index contributed by atoms with van der Waals surface area (Å²) in [6.45, 7) is 6.95. The van der Waals surface area contributed by atoms with Gasteiger partial charge in [0.25, 0.3) is 0 Å². The molecule has 0 saturated carbocycles. The Morgan fingerprint density at radius 1 is 1.38 bits per heavy atom. The Balaban J connectivity index is 1.61. The van der Waals surface area contributed by atoms with Crippen LogP contribution in [0.1, 0.15) is 33.6 Å². The maximum atomic E-state index is 12.1. The second-order valence-corrected chi connectivity index (χ2v) is 7.34. The predicted molar refractivity (Wildman–Crippen MR) is 92.4 cm³/mol. The summed E-state index contributed by atoms with van der Waals surface area (Å²) in [5.41, 5.74) is 0.238. The van der Waals surface area contributed by atoms with E-state index < -0.39 is 5.60 Å². The fourth-order valence-corrected chi connectivity index (χ4v) is 2.92. The Hall–Kier alpha value is -2.02. The second kappa shape index (κ2) is 6.47. The Bertz CT molecular complexity index is 732. The van der Waals surface area contributed by atoms with Gasteiger partial charge in [0.2, 0.25) is 0 Å². The first-order valence-corrected chi connectivity index (χ1v) is 8.44. The van der Waals surface area contributed by atoms with Gasteiger partial charge in [-0.1, -0.05) is 11.6 Å². The molecule has 0 spiro atoms. The van der Waals surface area contributed by atoms with Crippen LogP contribution in [0.25, 0.3) is 5.65 Å². The first-order valence-electron chi connectivity index (χ1n) is 8.06. The molecule has 0 bridgehead atoms. The van der Waals surface area contributed by atoms with Gasteiger partial charge >= 0.3 is 6.09 Å². The van der Waals surface area contributed by atoms with Crippen molar-refractivity contribution < 1.29 is 9.53 Å². The van der Waals surface area contributed by atoms with Gasteiger partial charge in [-0.15, -0.1) is 0 Å². The van der Waals surface area contributed by atoms with E-state index in [1.165, 1.54) is 0 Å². The molecule has 2 aromatic heterocycles. The number of likely N-dealkylation sites (tertiary alicyclic amines) is 1. The van der Waals surface area contributed by atoms with Crippen molar-refractivity contribution in [2.75, 3.05) is 18.4 Å². The summed E-state index contributed by atoms with van der Waals surface area (Å²) in [5, 5.41) is 8.14. The lowest BCUT2D eigenvalue weighted by Crippen LogP contribution is -2.44. The highest BCUT2D eigenvalue weighted by atomic mass is 35.5. The van der Waals surface area contributed by atoms with E-state index in [9.17, 15) is 4.79 Å². The van der Waals surface area contributed by atoms with Crippen LogP contribution in [0.15, 0.2) is 18.3 Å². The van der Waals surface area contributed by atoms with Gasteiger partial charge in [0.15, 0.2) is 5.65 Å². The monoisotopic (exact) mass is 351 g/mol. The van der Waals surface area contributed by atoms with Crippen LogP contribution in [0.5, 0.6) is 0 Å². The first-order chi connectivity index (χ1) is 11.3. The highest BCUT2D eigenvalue weighted by Gasteiger charge is 2.27. The topological polar surface area (TPSA) is 71.8 Å². The van der Waals surface area contributed by atoms with E-state index in [1.807, 2.05) is 26.8 Å². The van der Waals surface area contributed by atoms with E-state index in [0.717, 1.165) is 18.7 Å². The molecule has 130 valence electrons. The summed E-state index contributed by atoms with van der Waals surface area (Å²) in [6, 6.07) is 3.82. The zero-order chi connectivity index (χ0) is 17.3. The predicted octanol–water partition coefficient (Wildman–Crippen LogP) is 3.19. The van der Waals surface area contributed by atoms with Crippen molar-refractivity contribution in [2.45, 2.75) is 45.3 Å². The molecule has 1 amide bonds. The van der Waals surface area contributed by atoms with Gasteiger partial charge in [0, 0.05) is 31.3 Å². The summed E-state index contributed by atoms with van der Waals surface area (Å²) in [4.78, 5) is 18.1. The van der Waals surface area contributed by atoms with Crippen LogP contribution in [0.3, 0.4) is 0 Å². The fraction of sp³-hybridized carbons (Fsp3) is 0.562. The van der Waals surface area contributed by atoms with Crippen LogP contribution >= 0.6 is 11.6 Å². The highest BCUT2D eigenvalue weighted by molar-refractivity contribution is 6.29. The molecule has 0 aromatic carbocycles. The van der Waals surface area contributed by atoms with E-state index in [1.54, 1.807) is 21.7 Å². The number of amides is 1. The smallest absolute Gasteiger partial charge is 0.410 e. The van der Waals surface area contributed by atoms with E-state index in [-0.39, 0.29) is 12.1 Å². The lowest BCUT2D eigenvalue weighted by molar-refractivity contribution is 0.0210. The van der Waals surface area contributed by atoms with Crippen LogP contribution in [0.4, 0.5) is 10.6 Å². The second-order valence-electron chi connectivity index (χ2n) is 6.95. The molecule has 1 fully saturated rings. The van der Waals surface area contributed by atoms with Crippen molar-refractivity contribution in [1.29, 1.82) is 0 Å². The molecule has 3 rings (SSSR count). The highest BCUT2D eigenvalue weighted by Crippen LogP contribution is 2.21. The summed E-state index contributed by atoms with van der Waals surface area (Å²) in [5.74, 6) is 0.811. The number of anilines is 1. The maximum absolute atomic E-state index is 12.1. The minimum absolute atomic E-state index is 0.245. The number of aromatic nitrogens is 3. The molecule has 0 atom stereocenters. The van der Waals surface area contributed by atoms with E-state index >= 15 is 0 Å². The molecule has 7 nitrogen and oxygen atoms in total. The Morgan fingerprint density at radius 3 is 2.75 bits per heavy atom. The molecular weight excluding hydrogens is 330 g/mol. The van der Waals surface area contributed by atoms with Crippen molar-refractivity contribution >= 4 is 29.2 Å². The van der Waals surface area contributed by atoms with Gasteiger partial charge in [-0.25, -0.2) is 9.78 Å². The molecule has 24 heavy (non-hydrogen) atoms. The summed E-state index contributed by atoms with van der Waals surface area (Å²) < 4.78 is 7.15. The normalized spacial score (nSPS) is 16.4. The van der Waals surface area contributed by atoms with Gasteiger partial charge in [-0.2, -0.15) is 9.61 Å². The van der Waals surface area contributed by atoms with Gasteiger partial charge in [0.1, 0.15) is 16.6 Å². The zero-order valence-electron chi connectivity index (χ0n) is 14.1. The van der Waals surface area contributed by atoms with Gasteiger partial charge in [0.05, 0.1) is 6.20 Å². The number of hydrogen-bond acceptors (Lipinski definition) is 5. The number of halogens is 1. The number of rotatable bonds is 2. The summed E-state index contributed by atoms with van der Waals surface area (Å²) in [6.07, 6.45) is 3.11. The SMILES string of the molecule is CC(C)(C)OC(=O)N1CCC(Nc2cc(Cl)nc3ccnn23)CC1. The van der Waals surface area contributed by atoms with Crippen LogP contribution in [0, 0.1) is 0 Å². The number of nitrogens with zero attached hydrogens (tertiary/aromatic N) is 4. The van der Waals surface area contributed by atoms with Crippen LogP contribution in [-0.2, 0) is 4.74 Å². The standard InChI is InChI=1S/C16H22ClN5O2/c1-16(2,3)24-15(23)21-8-5-11(6-9-21)19-14-10-12(17)20-13-4-7-18-22(13)14/h4,7,10-11,19H,5-6,8-9H2,1-3H3. The third-order valence-corrected chi connectivity index (χ3v) is 4.02. The van der Waals surface area contributed by atoms with Gasteiger partial charge in [-0.3, -0.25) is 0 Å². The number of carbonyl (C=O) groups is 1. The van der Waals surface area contributed by atoms with E-state index in [4.69, 9.17) is 16.3 Å². The lowest BCUT2D eigenvalue weighted by atomic mass is 10.1. The molecule has 1 aliphatic rings. The Kier molecular flexibility index (Phi) is 4.54. The zero-order valence-corrected chi connectivity index (χ0v) is 14.9. The molecule has 2 aromatic rings. The number of nitrogens with one attached hydrogen (secondary N) is 1. The third kappa shape index (κ3) is 3.90. The van der Waals surface area contributed by atoms with E-state index in [2.05, 4.69) is 15.4 Å². The molecular formula is C16H22ClN5O2. The lowest BCUT2D eigenvalue weighted by Gasteiger charge is -2.34. The van der Waals surface area contributed by atoms with Gasteiger partial charge in [-0.05, 0) is 33.6 Å². The number of piperidine rings is 1. The molecule has 8 heteroatoms. The maximum Gasteiger partial charge on any atom is 0.410 e. The number of hydrogen-bond donors (Lipinski definition) is 1. The summed E-state index contributed by atoms with van der Waals surface area (Å²) >= 11 is 6.06. The largest absolute Gasteiger partial charge is 0.444 e. The van der Waals surface area contributed by atoms with Crippen molar-refractivity contribution in [3.05, 3.63) is 23.5 Å². The van der Waals surface area contributed by atoms with Crippen molar-refractivity contribution in [3.63, 3.8) is 0 Å². The fourth-order valence-electron chi connectivity index (χ4n) is 2.73. The molecule has 0 aliphatic carbocycles. The molecule has 0 radical (unpaired) electrons. The Labute approximate surface area is 145 Å². The minimum Gasteiger partial charge on any atom is -0.444 e. The number of ether oxygens (including phenoxy) is 1. The van der Waals surface area contributed by atoms with Crippen molar-refractivity contribution in [1.82, 2.24) is 19.5 Å². The molecule has 3 heterocycles. The average Bonchev–Trinajstić information content (AvgIpc) is 2.94. The number of carbonyl (C=O) groups excluding carboxylic acids is 1. The molecule has 1 N–H and O–H groups in total. The summed E-state index contributed by atoms with van der Waals surface area (Å²) in [7, 11) is 0. The number of fused-ring (bicyclic) bond motifs is 1. The third-order valence-electron chi connectivity index (χ3n) is 3.83. The molecule has 1 aliphatic heterocycles. The van der Waals surface area contributed by atoms with Crippen LogP contribution in [0.2, 0.25) is 5.15 Å². The van der Waals surface area contributed by atoms with Crippen LogP contribution < -0.4 is 5.32 Å². The minimum atomic E-state index is -0.467. The van der Waals surface area contributed by atoms with Crippen LogP contribution in [-0.4, -0.2) is 50.3 Å². The average molecular weight is 352 g/mol. The molecule has 0 unspecified atom stereocenters. The van der Waals surface area contributed by atoms with Crippen molar-refractivity contribution in [2.24, 2.45) is 0 Å².